The number of nitrogens with zero attached hydrogens (tertiary/aromatic N) is 1. The van der Waals surface area contributed by atoms with E-state index in [9.17, 15) is 4.79 Å². The van der Waals surface area contributed by atoms with Crippen LogP contribution in [0.1, 0.15) is 45.7 Å². The zero-order valence-corrected chi connectivity index (χ0v) is 13.7. The van der Waals surface area contributed by atoms with Gasteiger partial charge in [0.2, 0.25) is 0 Å². The molecule has 0 aliphatic carbocycles. The normalized spacial score (nSPS) is 12.0. The number of carbonyl (C=O) groups is 1. The van der Waals surface area contributed by atoms with Crippen molar-refractivity contribution < 1.29 is 14.6 Å². The van der Waals surface area contributed by atoms with Crippen molar-refractivity contribution in [1.82, 2.24) is 4.90 Å². The molecule has 1 N–H and O–H groups in total. The maximum atomic E-state index is 12.0. The fourth-order valence-electron chi connectivity index (χ4n) is 1.95. The van der Waals surface area contributed by atoms with Crippen molar-refractivity contribution in [2.24, 2.45) is 0 Å². The molecule has 0 unspecified atom stereocenters. The van der Waals surface area contributed by atoms with Crippen LogP contribution in [0, 0.1) is 0 Å². The molecule has 0 atom stereocenters. The first-order valence-electron chi connectivity index (χ1n) is 7.36. The van der Waals surface area contributed by atoms with Gasteiger partial charge in [0.25, 0.3) is 0 Å². The molecule has 1 rings (SSSR count). The Morgan fingerprint density at radius 1 is 1.19 bits per heavy atom. The van der Waals surface area contributed by atoms with Gasteiger partial charge in [-0.15, -0.1) is 0 Å². The average molecular weight is 293 g/mol. The number of hydrogen-bond acceptors (Lipinski definition) is 4. The monoisotopic (exact) mass is 293 g/mol. The van der Waals surface area contributed by atoms with Crippen LogP contribution < -0.4 is 0 Å². The van der Waals surface area contributed by atoms with Crippen molar-refractivity contribution in [2.45, 2.75) is 59.4 Å². The van der Waals surface area contributed by atoms with Crippen LogP contribution >= 0.6 is 0 Å². The second kappa shape index (κ2) is 7.57. The number of aliphatic hydroxyl groups excluding tert-OH is 1. The molecule has 0 saturated heterocycles. The largest absolute Gasteiger partial charge is 0.459 e. The van der Waals surface area contributed by atoms with Crippen molar-refractivity contribution in [3.05, 3.63) is 35.4 Å². The highest BCUT2D eigenvalue weighted by atomic mass is 16.6. The molecule has 0 radical (unpaired) electrons. The summed E-state index contributed by atoms with van der Waals surface area (Å²) in [6.45, 7) is 10.7. The van der Waals surface area contributed by atoms with E-state index in [2.05, 4.69) is 18.7 Å². The quantitative estimate of drug-likeness (QED) is 0.819. The van der Waals surface area contributed by atoms with E-state index in [-0.39, 0.29) is 25.2 Å². The standard InChI is InChI=1S/C17H27NO3/c1-13(2)18(11-16(20)21-17(3,4)5)10-14-6-8-15(12-19)9-7-14/h6-9,13,19H,10-12H2,1-5H3. The molecule has 4 heteroatoms. The van der Waals surface area contributed by atoms with Gasteiger partial charge >= 0.3 is 5.97 Å². The van der Waals surface area contributed by atoms with Crippen molar-refractivity contribution in [1.29, 1.82) is 0 Å². The van der Waals surface area contributed by atoms with Crippen LogP contribution in [0.2, 0.25) is 0 Å². The molecule has 0 amide bonds. The number of esters is 1. The minimum Gasteiger partial charge on any atom is -0.459 e. The van der Waals surface area contributed by atoms with Gasteiger partial charge in [-0.05, 0) is 45.7 Å². The van der Waals surface area contributed by atoms with Crippen LogP contribution in [0.4, 0.5) is 0 Å². The Kier molecular flexibility index (Phi) is 6.37. The maximum Gasteiger partial charge on any atom is 0.320 e. The number of carbonyl (C=O) groups excluding carboxylic acids is 1. The summed E-state index contributed by atoms with van der Waals surface area (Å²) in [6, 6.07) is 8.02. The van der Waals surface area contributed by atoms with Crippen molar-refractivity contribution in [2.75, 3.05) is 6.54 Å². The van der Waals surface area contributed by atoms with Gasteiger partial charge in [0, 0.05) is 12.6 Å². The van der Waals surface area contributed by atoms with E-state index in [0.717, 1.165) is 11.1 Å². The number of rotatable bonds is 6. The fourth-order valence-corrected chi connectivity index (χ4v) is 1.95. The molecular weight excluding hydrogens is 266 g/mol. The van der Waals surface area contributed by atoms with Crippen LogP contribution in [0.3, 0.4) is 0 Å². The van der Waals surface area contributed by atoms with E-state index in [1.165, 1.54) is 0 Å². The topological polar surface area (TPSA) is 49.8 Å². The number of aliphatic hydroxyl groups is 1. The summed E-state index contributed by atoms with van der Waals surface area (Å²) in [4.78, 5) is 14.0. The summed E-state index contributed by atoms with van der Waals surface area (Å²) >= 11 is 0. The Hall–Kier alpha value is -1.39. The highest BCUT2D eigenvalue weighted by Gasteiger charge is 2.20. The van der Waals surface area contributed by atoms with Gasteiger partial charge in [-0.25, -0.2) is 0 Å². The van der Waals surface area contributed by atoms with Crippen LogP contribution in [0.15, 0.2) is 24.3 Å². The van der Waals surface area contributed by atoms with Gasteiger partial charge in [0.15, 0.2) is 0 Å². The van der Waals surface area contributed by atoms with E-state index in [1.54, 1.807) is 0 Å². The van der Waals surface area contributed by atoms with E-state index >= 15 is 0 Å². The fraction of sp³-hybridized carbons (Fsp3) is 0.588. The first-order valence-corrected chi connectivity index (χ1v) is 7.36. The van der Waals surface area contributed by atoms with Crippen LogP contribution in [-0.4, -0.2) is 34.2 Å². The smallest absolute Gasteiger partial charge is 0.320 e. The Morgan fingerprint density at radius 3 is 2.14 bits per heavy atom. The summed E-state index contributed by atoms with van der Waals surface area (Å²) in [5, 5.41) is 9.05. The number of benzene rings is 1. The summed E-state index contributed by atoms with van der Waals surface area (Å²) in [6.07, 6.45) is 0. The molecule has 118 valence electrons. The molecule has 0 aliphatic rings. The average Bonchev–Trinajstić information content (AvgIpc) is 2.36. The second-order valence-electron chi connectivity index (χ2n) is 6.56. The predicted molar refractivity (Wildman–Crippen MR) is 83.8 cm³/mol. The lowest BCUT2D eigenvalue weighted by Gasteiger charge is -2.28. The van der Waals surface area contributed by atoms with E-state index in [4.69, 9.17) is 9.84 Å². The molecule has 1 aromatic rings. The minimum absolute atomic E-state index is 0.0477. The zero-order chi connectivity index (χ0) is 16.0. The molecule has 0 heterocycles. The lowest BCUT2D eigenvalue weighted by atomic mass is 10.1. The first kappa shape index (κ1) is 17.7. The Morgan fingerprint density at radius 2 is 1.71 bits per heavy atom. The van der Waals surface area contributed by atoms with Gasteiger partial charge in [-0.2, -0.15) is 0 Å². The lowest BCUT2D eigenvalue weighted by molar-refractivity contribution is -0.156. The predicted octanol–water partition coefficient (Wildman–Crippen LogP) is 2.73. The lowest BCUT2D eigenvalue weighted by Crippen LogP contribution is -2.38. The van der Waals surface area contributed by atoms with E-state index in [0.29, 0.717) is 6.54 Å². The van der Waals surface area contributed by atoms with Crippen LogP contribution in [-0.2, 0) is 22.7 Å². The summed E-state index contributed by atoms with van der Waals surface area (Å²) in [5.41, 5.74) is 1.55. The summed E-state index contributed by atoms with van der Waals surface area (Å²) in [5.74, 6) is -0.205. The SMILES string of the molecule is CC(C)N(CC(=O)OC(C)(C)C)Cc1ccc(CO)cc1. The van der Waals surface area contributed by atoms with Gasteiger partial charge in [-0.3, -0.25) is 9.69 Å². The van der Waals surface area contributed by atoms with Gasteiger partial charge in [0.1, 0.15) is 5.60 Å². The Balaban J connectivity index is 2.66. The first-order chi connectivity index (χ1) is 9.71. The summed E-state index contributed by atoms with van der Waals surface area (Å²) in [7, 11) is 0. The van der Waals surface area contributed by atoms with Crippen LogP contribution in [0.5, 0.6) is 0 Å². The maximum absolute atomic E-state index is 12.0. The zero-order valence-electron chi connectivity index (χ0n) is 13.7. The molecule has 0 aromatic heterocycles. The van der Waals surface area contributed by atoms with Gasteiger partial charge < -0.3 is 9.84 Å². The van der Waals surface area contributed by atoms with Crippen molar-refractivity contribution in [3.63, 3.8) is 0 Å². The third kappa shape index (κ3) is 6.74. The third-order valence-corrected chi connectivity index (χ3v) is 3.07. The van der Waals surface area contributed by atoms with E-state index in [1.807, 2.05) is 45.0 Å². The minimum atomic E-state index is -0.456. The molecular formula is C17H27NO3. The highest BCUT2D eigenvalue weighted by Crippen LogP contribution is 2.12. The molecule has 4 nitrogen and oxygen atoms in total. The number of hydrogen-bond donors (Lipinski definition) is 1. The molecule has 1 aromatic carbocycles. The third-order valence-electron chi connectivity index (χ3n) is 3.07. The highest BCUT2D eigenvalue weighted by molar-refractivity contribution is 5.72. The molecule has 0 saturated carbocycles. The van der Waals surface area contributed by atoms with Gasteiger partial charge in [0.05, 0.1) is 13.2 Å². The summed E-state index contributed by atoms with van der Waals surface area (Å²) < 4.78 is 5.38. The van der Waals surface area contributed by atoms with Crippen molar-refractivity contribution >= 4 is 5.97 Å². The number of ether oxygens (including phenoxy) is 1. The van der Waals surface area contributed by atoms with Crippen molar-refractivity contribution in [3.8, 4) is 0 Å². The van der Waals surface area contributed by atoms with Gasteiger partial charge in [-0.1, -0.05) is 24.3 Å². The molecule has 0 spiro atoms. The molecule has 0 aliphatic heterocycles. The van der Waals surface area contributed by atoms with E-state index < -0.39 is 5.60 Å². The van der Waals surface area contributed by atoms with Crippen LogP contribution in [0.25, 0.3) is 0 Å². The second-order valence-corrected chi connectivity index (χ2v) is 6.56. The molecule has 0 bridgehead atoms. The molecule has 0 fully saturated rings. The Bertz CT molecular complexity index is 446. The Labute approximate surface area is 127 Å². The molecule has 21 heavy (non-hydrogen) atoms.